The van der Waals surface area contributed by atoms with Crippen molar-refractivity contribution in [2.75, 3.05) is 26.2 Å². The van der Waals surface area contributed by atoms with Crippen LogP contribution in [-0.2, 0) is 0 Å². The molecule has 2 N–H and O–H groups in total. The zero-order chi connectivity index (χ0) is 17.8. The number of hydrogen-bond acceptors (Lipinski definition) is 4. The van der Waals surface area contributed by atoms with Crippen LogP contribution >= 0.6 is 0 Å². The lowest BCUT2D eigenvalue weighted by Crippen LogP contribution is -2.54. The number of rotatable bonds is 3. The van der Waals surface area contributed by atoms with Gasteiger partial charge in [-0.15, -0.1) is 0 Å². The summed E-state index contributed by atoms with van der Waals surface area (Å²) < 4.78 is 12.9. The summed E-state index contributed by atoms with van der Waals surface area (Å²) in [6.07, 6.45) is 0. The lowest BCUT2D eigenvalue weighted by Gasteiger charge is -2.34. The second-order valence-corrected chi connectivity index (χ2v) is 5.77. The van der Waals surface area contributed by atoms with Gasteiger partial charge in [-0.05, 0) is 48.5 Å². The Kier molecular flexibility index (Phi) is 4.95. The number of hydrazine groups is 1. The maximum atomic E-state index is 12.9. The highest BCUT2D eigenvalue weighted by atomic mass is 19.1. The van der Waals surface area contributed by atoms with Crippen molar-refractivity contribution in [2.45, 2.75) is 0 Å². The highest BCUT2D eigenvalue weighted by Gasteiger charge is 2.23. The third-order valence-corrected chi connectivity index (χ3v) is 4.05. The van der Waals surface area contributed by atoms with Gasteiger partial charge in [-0.3, -0.25) is 15.0 Å². The monoisotopic (exact) mass is 343 g/mol. The minimum absolute atomic E-state index is 0.107. The van der Waals surface area contributed by atoms with Gasteiger partial charge in [0.05, 0.1) is 0 Å². The van der Waals surface area contributed by atoms with Gasteiger partial charge in [0.15, 0.2) is 0 Å². The van der Waals surface area contributed by atoms with Gasteiger partial charge < -0.3 is 10.0 Å². The average molecular weight is 343 g/mol. The number of halogens is 1. The summed E-state index contributed by atoms with van der Waals surface area (Å²) in [4.78, 5) is 26.2. The molecule has 1 fully saturated rings. The van der Waals surface area contributed by atoms with Crippen molar-refractivity contribution in [2.24, 2.45) is 0 Å². The van der Waals surface area contributed by atoms with Crippen molar-refractivity contribution in [1.29, 1.82) is 0 Å². The topological polar surface area (TPSA) is 72.9 Å². The van der Waals surface area contributed by atoms with Gasteiger partial charge in [0.25, 0.3) is 11.8 Å². The zero-order valence-corrected chi connectivity index (χ0v) is 13.5. The van der Waals surface area contributed by atoms with E-state index in [1.807, 2.05) is 0 Å². The number of hydrogen-bond donors (Lipinski definition) is 2. The number of nitrogens with one attached hydrogen (secondary N) is 1. The molecule has 2 aromatic rings. The maximum Gasteiger partial charge on any atom is 0.265 e. The standard InChI is InChI=1S/C18H18FN3O3/c19-15-5-1-13(2-6-15)17(24)20-22-11-9-21(10-12-22)18(25)14-3-7-16(23)8-4-14/h1-8,23H,9-12H2,(H,20,24). The number of aromatic hydroxyl groups is 1. The quantitative estimate of drug-likeness (QED) is 0.889. The Balaban J connectivity index is 1.53. The second kappa shape index (κ2) is 7.31. The van der Waals surface area contributed by atoms with Gasteiger partial charge in [-0.2, -0.15) is 0 Å². The van der Waals surface area contributed by atoms with E-state index < -0.39 is 5.82 Å². The molecule has 130 valence electrons. The summed E-state index contributed by atoms with van der Waals surface area (Å²) in [5.74, 6) is -0.689. The normalized spacial score (nSPS) is 15.0. The van der Waals surface area contributed by atoms with Crippen LogP contribution in [0.2, 0.25) is 0 Å². The molecule has 2 aromatic carbocycles. The van der Waals surface area contributed by atoms with E-state index in [0.29, 0.717) is 37.3 Å². The smallest absolute Gasteiger partial charge is 0.265 e. The van der Waals surface area contributed by atoms with E-state index in [2.05, 4.69) is 5.43 Å². The lowest BCUT2D eigenvalue weighted by molar-refractivity contribution is 0.0505. The number of carbonyl (C=O) groups excluding carboxylic acids is 2. The molecule has 0 saturated carbocycles. The van der Waals surface area contributed by atoms with Crippen LogP contribution in [0.25, 0.3) is 0 Å². The molecule has 1 saturated heterocycles. The summed E-state index contributed by atoms with van der Waals surface area (Å²) in [7, 11) is 0. The van der Waals surface area contributed by atoms with Crippen LogP contribution < -0.4 is 5.43 Å². The van der Waals surface area contributed by atoms with Crippen LogP contribution in [0.1, 0.15) is 20.7 Å². The fraction of sp³-hybridized carbons (Fsp3) is 0.222. The molecule has 0 aliphatic carbocycles. The molecule has 3 rings (SSSR count). The fourth-order valence-electron chi connectivity index (χ4n) is 2.62. The molecule has 0 bridgehead atoms. The van der Waals surface area contributed by atoms with Gasteiger partial charge in [0, 0.05) is 37.3 Å². The van der Waals surface area contributed by atoms with E-state index >= 15 is 0 Å². The molecule has 1 aliphatic heterocycles. The first-order valence-electron chi connectivity index (χ1n) is 7.93. The Morgan fingerprint density at radius 2 is 1.44 bits per heavy atom. The minimum Gasteiger partial charge on any atom is -0.508 e. The Bertz CT molecular complexity index is 754. The Labute approximate surface area is 144 Å². The first-order chi connectivity index (χ1) is 12.0. The number of phenols is 1. The summed E-state index contributed by atoms with van der Waals surface area (Å²) in [6, 6.07) is 11.5. The number of carbonyl (C=O) groups is 2. The van der Waals surface area contributed by atoms with E-state index in [0.717, 1.165) is 0 Å². The van der Waals surface area contributed by atoms with Crippen molar-refractivity contribution >= 4 is 11.8 Å². The summed E-state index contributed by atoms with van der Waals surface area (Å²) in [5.41, 5.74) is 3.66. The fourth-order valence-corrected chi connectivity index (χ4v) is 2.62. The van der Waals surface area contributed by atoms with Crippen molar-refractivity contribution in [3.8, 4) is 5.75 Å². The third-order valence-electron chi connectivity index (χ3n) is 4.05. The molecule has 0 aromatic heterocycles. The van der Waals surface area contributed by atoms with Crippen LogP contribution in [0.4, 0.5) is 4.39 Å². The molecule has 0 radical (unpaired) electrons. The molecule has 25 heavy (non-hydrogen) atoms. The van der Waals surface area contributed by atoms with Gasteiger partial charge in [-0.25, -0.2) is 9.40 Å². The summed E-state index contributed by atoms with van der Waals surface area (Å²) in [6.45, 7) is 1.94. The largest absolute Gasteiger partial charge is 0.508 e. The maximum absolute atomic E-state index is 12.9. The Morgan fingerprint density at radius 1 is 0.880 bits per heavy atom. The van der Waals surface area contributed by atoms with Crippen LogP contribution in [0.5, 0.6) is 5.75 Å². The molecule has 1 aliphatic rings. The van der Waals surface area contributed by atoms with Crippen molar-refractivity contribution in [3.05, 3.63) is 65.5 Å². The molecular formula is C18H18FN3O3. The van der Waals surface area contributed by atoms with E-state index in [1.54, 1.807) is 22.0 Å². The summed E-state index contributed by atoms with van der Waals surface area (Å²) in [5, 5.41) is 11.0. The van der Waals surface area contributed by atoms with Crippen LogP contribution in [0, 0.1) is 5.82 Å². The van der Waals surface area contributed by atoms with Gasteiger partial charge in [0.1, 0.15) is 11.6 Å². The molecular weight excluding hydrogens is 325 g/mol. The van der Waals surface area contributed by atoms with Crippen molar-refractivity contribution < 1.29 is 19.1 Å². The molecule has 2 amide bonds. The molecule has 0 spiro atoms. The number of amides is 2. The Hall–Kier alpha value is -2.93. The SMILES string of the molecule is O=C(NN1CCN(C(=O)c2ccc(O)cc2)CC1)c1ccc(F)cc1. The number of piperazine rings is 1. The average Bonchev–Trinajstić information content (AvgIpc) is 2.63. The zero-order valence-electron chi connectivity index (χ0n) is 13.5. The van der Waals surface area contributed by atoms with E-state index in [9.17, 15) is 19.1 Å². The number of phenolic OH excluding ortho intramolecular Hbond substituents is 1. The molecule has 6 nitrogen and oxygen atoms in total. The van der Waals surface area contributed by atoms with Gasteiger partial charge >= 0.3 is 0 Å². The minimum atomic E-state index is -0.391. The van der Waals surface area contributed by atoms with Crippen molar-refractivity contribution in [1.82, 2.24) is 15.3 Å². The van der Waals surface area contributed by atoms with Crippen molar-refractivity contribution in [3.63, 3.8) is 0 Å². The lowest BCUT2D eigenvalue weighted by atomic mass is 10.2. The first kappa shape index (κ1) is 16.9. The van der Waals surface area contributed by atoms with E-state index in [4.69, 9.17) is 0 Å². The molecule has 0 unspecified atom stereocenters. The van der Waals surface area contributed by atoms with Crippen LogP contribution in [-0.4, -0.2) is 53.0 Å². The summed E-state index contributed by atoms with van der Waals surface area (Å²) >= 11 is 0. The van der Waals surface area contributed by atoms with Crippen LogP contribution in [0.3, 0.4) is 0 Å². The number of nitrogens with zero attached hydrogens (tertiary/aromatic N) is 2. The third kappa shape index (κ3) is 4.13. The van der Waals surface area contributed by atoms with Crippen LogP contribution in [0.15, 0.2) is 48.5 Å². The van der Waals surface area contributed by atoms with E-state index in [-0.39, 0.29) is 17.6 Å². The predicted molar refractivity (Wildman–Crippen MR) is 89.4 cm³/mol. The Morgan fingerprint density at radius 3 is 2.04 bits per heavy atom. The number of benzene rings is 2. The van der Waals surface area contributed by atoms with Gasteiger partial charge in [-0.1, -0.05) is 0 Å². The van der Waals surface area contributed by atoms with Gasteiger partial charge in [0.2, 0.25) is 0 Å². The first-order valence-corrected chi connectivity index (χ1v) is 7.93. The predicted octanol–water partition coefficient (Wildman–Crippen LogP) is 1.63. The second-order valence-electron chi connectivity index (χ2n) is 5.77. The molecule has 0 atom stereocenters. The molecule has 1 heterocycles. The van der Waals surface area contributed by atoms with E-state index in [1.165, 1.54) is 36.4 Å². The highest BCUT2D eigenvalue weighted by molar-refractivity contribution is 5.95. The molecule has 7 heteroatoms. The highest BCUT2D eigenvalue weighted by Crippen LogP contribution is 2.13.